The molecule has 2 N–H and O–H groups in total. The van der Waals surface area contributed by atoms with Gasteiger partial charge in [0.25, 0.3) is 0 Å². The minimum atomic E-state index is -0.0340. The molecule has 3 nitrogen and oxygen atoms in total. The molecular formula is C15H24N2OS. The summed E-state index contributed by atoms with van der Waals surface area (Å²) in [6.07, 6.45) is 1.14. The summed E-state index contributed by atoms with van der Waals surface area (Å²) >= 11 is 1.87. The Morgan fingerprint density at radius 1 is 1.26 bits per heavy atom. The molecule has 1 rings (SSSR count). The fraction of sp³-hybridized carbons (Fsp3) is 0.533. The number of benzene rings is 1. The molecule has 0 aromatic heterocycles. The summed E-state index contributed by atoms with van der Waals surface area (Å²) in [5, 5.41) is 6.78. The maximum Gasteiger partial charge on any atom is 0.221 e. The van der Waals surface area contributed by atoms with Crippen molar-refractivity contribution in [2.24, 2.45) is 0 Å². The summed E-state index contributed by atoms with van der Waals surface area (Å²) in [7, 11) is 0. The van der Waals surface area contributed by atoms with Gasteiger partial charge in [-0.3, -0.25) is 4.79 Å². The summed E-state index contributed by atoms with van der Waals surface area (Å²) in [5.74, 6) is -0.0340. The van der Waals surface area contributed by atoms with Gasteiger partial charge in [0.05, 0.1) is 0 Å². The maximum absolute atomic E-state index is 10.9. The van der Waals surface area contributed by atoms with Gasteiger partial charge in [-0.1, -0.05) is 13.8 Å². The fourth-order valence-electron chi connectivity index (χ4n) is 2.03. The molecule has 0 radical (unpaired) electrons. The second-order valence-electron chi connectivity index (χ2n) is 4.83. The Morgan fingerprint density at radius 2 is 1.89 bits per heavy atom. The molecule has 1 aromatic rings. The Kier molecular flexibility index (Phi) is 6.95. The minimum absolute atomic E-state index is 0.0340. The van der Waals surface area contributed by atoms with Gasteiger partial charge >= 0.3 is 0 Å². The zero-order valence-electron chi connectivity index (χ0n) is 12.2. The lowest BCUT2D eigenvalue weighted by molar-refractivity contribution is -0.114. The van der Waals surface area contributed by atoms with Gasteiger partial charge < -0.3 is 10.6 Å². The fourth-order valence-corrected chi connectivity index (χ4v) is 3.17. The van der Waals surface area contributed by atoms with Crippen LogP contribution in [0.5, 0.6) is 0 Å². The van der Waals surface area contributed by atoms with E-state index in [9.17, 15) is 4.79 Å². The number of nitrogens with one attached hydrogen (secondary N) is 2. The van der Waals surface area contributed by atoms with Crippen LogP contribution >= 0.6 is 11.8 Å². The molecule has 0 fully saturated rings. The lowest BCUT2D eigenvalue weighted by atomic mass is 10.2. The Labute approximate surface area is 120 Å². The van der Waals surface area contributed by atoms with Crippen molar-refractivity contribution in [3.05, 3.63) is 24.3 Å². The average Bonchev–Trinajstić information content (AvgIpc) is 2.31. The molecule has 0 saturated carbocycles. The van der Waals surface area contributed by atoms with Crippen LogP contribution in [-0.4, -0.2) is 23.7 Å². The van der Waals surface area contributed by atoms with Gasteiger partial charge in [-0.25, -0.2) is 0 Å². The van der Waals surface area contributed by atoms with Gasteiger partial charge in [-0.05, 0) is 44.2 Å². The molecule has 2 unspecified atom stereocenters. The molecule has 4 heteroatoms. The Hall–Kier alpha value is -1.00. The van der Waals surface area contributed by atoms with E-state index in [0.717, 1.165) is 18.7 Å². The van der Waals surface area contributed by atoms with Crippen LogP contribution in [-0.2, 0) is 4.79 Å². The van der Waals surface area contributed by atoms with Crippen molar-refractivity contribution in [1.29, 1.82) is 0 Å². The normalized spacial score (nSPS) is 13.9. The summed E-state index contributed by atoms with van der Waals surface area (Å²) in [5.41, 5.74) is 0.852. The van der Waals surface area contributed by atoms with Crippen molar-refractivity contribution in [2.75, 3.05) is 11.9 Å². The van der Waals surface area contributed by atoms with E-state index in [0.29, 0.717) is 11.3 Å². The topological polar surface area (TPSA) is 41.1 Å². The van der Waals surface area contributed by atoms with Gasteiger partial charge in [0, 0.05) is 28.8 Å². The Bertz CT molecular complexity index is 392. The quantitative estimate of drug-likeness (QED) is 0.751. The van der Waals surface area contributed by atoms with E-state index < -0.39 is 0 Å². The molecule has 0 aliphatic carbocycles. The first-order valence-electron chi connectivity index (χ1n) is 6.79. The molecule has 19 heavy (non-hydrogen) atoms. The zero-order valence-corrected chi connectivity index (χ0v) is 13.0. The van der Waals surface area contributed by atoms with Gasteiger partial charge in [-0.2, -0.15) is 0 Å². The van der Waals surface area contributed by atoms with E-state index in [1.807, 2.05) is 23.9 Å². The molecule has 1 aromatic carbocycles. The summed E-state index contributed by atoms with van der Waals surface area (Å²) in [6, 6.07) is 8.56. The molecule has 0 aliphatic rings. The second-order valence-corrected chi connectivity index (χ2v) is 6.34. The van der Waals surface area contributed by atoms with Crippen molar-refractivity contribution in [1.82, 2.24) is 5.32 Å². The van der Waals surface area contributed by atoms with Gasteiger partial charge in [0.15, 0.2) is 0 Å². The van der Waals surface area contributed by atoms with E-state index in [2.05, 4.69) is 43.5 Å². The van der Waals surface area contributed by atoms with E-state index in [1.54, 1.807) is 0 Å². The summed E-state index contributed by atoms with van der Waals surface area (Å²) < 4.78 is 0. The standard InChI is InChI=1S/C15H24N2OS/c1-5-16-11(2)10-12(3)19-15-8-6-14(7-9-15)17-13(4)18/h6-9,11-12,16H,5,10H2,1-4H3,(H,17,18). The highest BCUT2D eigenvalue weighted by atomic mass is 32.2. The maximum atomic E-state index is 10.9. The van der Waals surface area contributed by atoms with Crippen LogP contribution in [0.15, 0.2) is 29.2 Å². The van der Waals surface area contributed by atoms with Crippen molar-refractivity contribution in [3.8, 4) is 0 Å². The first kappa shape index (κ1) is 16.1. The first-order chi connectivity index (χ1) is 9.01. The molecule has 0 bridgehead atoms. The van der Waals surface area contributed by atoms with Crippen LogP contribution in [0.25, 0.3) is 0 Å². The third-order valence-corrected chi connectivity index (χ3v) is 3.89. The van der Waals surface area contributed by atoms with Crippen molar-refractivity contribution >= 4 is 23.4 Å². The van der Waals surface area contributed by atoms with E-state index in [-0.39, 0.29) is 5.91 Å². The molecule has 0 saturated heterocycles. The van der Waals surface area contributed by atoms with Crippen LogP contribution in [0.3, 0.4) is 0 Å². The molecule has 1 amide bonds. The number of rotatable bonds is 7. The Morgan fingerprint density at radius 3 is 2.42 bits per heavy atom. The van der Waals surface area contributed by atoms with E-state index in [4.69, 9.17) is 0 Å². The average molecular weight is 280 g/mol. The smallest absolute Gasteiger partial charge is 0.221 e. The van der Waals surface area contributed by atoms with Crippen LogP contribution in [0.2, 0.25) is 0 Å². The largest absolute Gasteiger partial charge is 0.326 e. The van der Waals surface area contributed by atoms with Crippen molar-refractivity contribution < 1.29 is 4.79 Å². The summed E-state index contributed by atoms with van der Waals surface area (Å²) in [4.78, 5) is 12.2. The number of anilines is 1. The predicted molar refractivity (Wildman–Crippen MR) is 83.8 cm³/mol. The van der Waals surface area contributed by atoms with Gasteiger partial charge in [0.1, 0.15) is 0 Å². The molecule has 0 aliphatic heterocycles. The molecule has 0 spiro atoms. The number of amides is 1. The highest BCUT2D eigenvalue weighted by Gasteiger charge is 2.09. The number of thioether (sulfide) groups is 1. The highest BCUT2D eigenvalue weighted by Crippen LogP contribution is 2.27. The predicted octanol–water partition coefficient (Wildman–Crippen LogP) is 3.51. The highest BCUT2D eigenvalue weighted by molar-refractivity contribution is 7.99. The van der Waals surface area contributed by atoms with Crippen LogP contribution in [0.4, 0.5) is 5.69 Å². The lowest BCUT2D eigenvalue weighted by Crippen LogP contribution is -2.28. The molecular weight excluding hydrogens is 256 g/mol. The molecule has 106 valence electrons. The van der Waals surface area contributed by atoms with E-state index >= 15 is 0 Å². The second kappa shape index (κ2) is 8.23. The minimum Gasteiger partial charge on any atom is -0.326 e. The lowest BCUT2D eigenvalue weighted by Gasteiger charge is -2.17. The summed E-state index contributed by atoms with van der Waals surface area (Å²) in [6.45, 7) is 9.15. The first-order valence-corrected chi connectivity index (χ1v) is 7.67. The Balaban J connectivity index is 2.46. The number of hydrogen-bond acceptors (Lipinski definition) is 3. The monoisotopic (exact) mass is 280 g/mol. The van der Waals surface area contributed by atoms with Crippen molar-refractivity contribution in [2.45, 2.75) is 50.3 Å². The van der Waals surface area contributed by atoms with Crippen LogP contribution in [0.1, 0.15) is 34.1 Å². The van der Waals surface area contributed by atoms with Gasteiger partial charge in [-0.15, -0.1) is 11.8 Å². The third-order valence-electron chi connectivity index (χ3n) is 2.75. The van der Waals surface area contributed by atoms with Gasteiger partial charge in [0.2, 0.25) is 5.91 Å². The molecule has 2 atom stereocenters. The molecule has 0 heterocycles. The van der Waals surface area contributed by atoms with Crippen molar-refractivity contribution in [3.63, 3.8) is 0 Å². The van der Waals surface area contributed by atoms with E-state index in [1.165, 1.54) is 11.8 Å². The SMILES string of the molecule is CCNC(C)CC(C)Sc1ccc(NC(C)=O)cc1. The third kappa shape index (κ3) is 6.64. The number of hydrogen-bond donors (Lipinski definition) is 2. The van der Waals surface area contributed by atoms with Crippen LogP contribution in [0, 0.1) is 0 Å². The van der Waals surface area contributed by atoms with Crippen LogP contribution < -0.4 is 10.6 Å². The zero-order chi connectivity index (χ0) is 14.3. The number of carbonyl (C=O) groups is 1. The number of carbonyl (C=O) groups excluding carboxylic acids is 1.